The van der Waals surface area contributed by atoms with Crippen molar-refractivity contribution >= 4 is 34.7 Å². The van der Waals surface area contributed by atoms with Crippen LogP contribution in [-0.2, 0) is 4.79 Å². The maximum atomic E-state index is 11.7. The van der Waals surface area contributed by atoms with Gasteiger partial charge in [0.25, 0.3) is 0 Å². The lowest BCUT2D eigenvalue weighted by Crippen LogP contribution is -2.28. The van der Waals surface area contributed by atoms with E-state index < -0.39 is 5.97 Å². The van der Waals surface area contributed by atoms with E-state index >= 15 is 0 Å². The molecule has 1 N–H and O–H groups in total. The number of aliphatic carboxylic acids is 1. The first-order valence-corrected chi connectivity index (χ1v) is 9.58. The molecular formula is C22H19Cl2NO2. The monoisotopic (exact) mass is 399 g/mol. The number of benzene rings is 1. The number of nitrogens with zero attached hydrogens (tertiary/aromatic N) is 1. The van der Waals surface area contributed by atoms with Crippen LogP contribution in [-0.4, -0.2) is 16.0 Å². The van der Waals surface area contributed by atoms with Crippen molar-refractivity contribution in [2.45, 2.75) is 26.7 Å². The third-order valence-electron chi connectivity index (χ3n) is 5.40. The summed E-state index contributed by atoms with van der Waals surface area (Å²) in [6.45, 7) is 7.96. The van der Waals surface area contributed by atoms with E-state index in [1.807, 2.05) is 36.2 Å². The Morgan fingerprint density at radius 1 is 1.22 bits per heavy atom. The molecule has 1 saturated carbocycles. The van der Waals surface area contributed by atoms with Crippen molar-refractivity contribution in [2.75, 3.05) is 0 Å². The zero-order valence-corrected chi connectivity index (χ0v) is 16.7. The largest absolute Gasteiger partial charge is 0.478 e. The van der Waals surface area contributed by atoms with E-state index in [4.69, 9.17) is 23.2 Å². The second kappa shape index (κ2) is 6.43. The van der Waals surface area contributed by atoms with E-state index in [0.717, 1.165) is 46.4 Å². The number of carbonyl (C=O) groups is 1. The number of allylic oxidation sites excluding steroid dienone is 5. The first-order valence-electron chi connectivity index (χ1n) is 8.82. The molecule has 0 radical (unpaired) electrons. The second-order valence-electron chi connectivity index (χ2n) is 7.18. The molecule has 4 rings (SSSR count). The molecule has 0 bridgehead atoms. The maximum absolute atomic E-state index is 11.7. The lowest BCUT2D eigenvalue weighted by Gasteiger charge is -2.36. The molecule has 0 aromatic heterocycles. The molecule has 1 fully saturated rings. The van der Waals surface area contributed by atoms with Gasteiger partial charge in [-0.3, -0.25) is 0 Å². The van der Waals surface area contributed by atoms with Gasteiger partial charge in [-0.05, 0) is 84.7 Å². The molecule has 5 heteroatoms. The Kier molecular flexibility index (Phi) is 4.32. The summed E-state index contributed by atoms with van der Waals surface area (Å²) in [7, 11) is 0. The van der Waals surface area contributed by atoms with Crippen molar-refractivity contribution in [3.63, 3.8) is 0 Å². The van der Waals surface area contributed by atoms with Crippen LogP contribution in [0.2, 0.25) is 10.0 Å². The lowest BCUT2D eigenvalue weighted by atomic mass is 9.88. The van der Waals surface area contributed by atoms with Gasteiger partial charge in [-0.1, -0.05) is 29.8 Å². The van der Waals surface area contributed by atoms with E-state index in [0.29, 0.717) is 21.7 Å². The molecule has 1 aromatic rings. The Labute approximate surface area is 168 Å². The van der Waals surface area contributed by atoms with Crippen LogP contribution in [0.15, 0.2) is 65.2 Å². The fourth-order valence-corrected chi connectivity index (χ4v) is 4.17. The van der Waals surface area contributed by atoms with Gasteiger partial charge in [0, 0.05) is 16.2 Å². The summed E-state index contributed by atoms with van der Waals surface area (Å²) in [6.07, 6.45) is 7.81. The summed E-state index contributed by atoms with van der Waals surface area (Å²) in [5.41, 5.74) is 6.74. The van der Waals surface area contributed by atoms with Crippen molar-refractivity contribution in [3.8, 4) is 0 Å². The van der Waals surface area contributed by atoms with E-state index in [1.165, 1.54) is 0 Å². The highest BCUT2D eigenvalue weighted by molar-refractivity contribution is 6.36. The number of carboxylic acids is 1. The zero-order valence-electron chi connectivity index (χ0n) is 15.1. The Hall–Kier alpha value is -2.23. The summed E-state index contributed by atoms with van der Waals surface area (Å²) >= 11 is 12.7. The van der Waals surface area contributed by atoms with Crippen LogP contribution < -0.4 is 0 Å². The number of fused-ring (bicyclic) bond motifs is 1. The molecule has 3 aliphatic rings. The maximum Gasteiger partial charge on any atom is 0.337 e. The van der Waals surface area contributed by atoms with E-state index in [9.17, 15) is 9.90 Å². The van der Waals surface area contributed by atoms with Gasteiger partial charge in [-0.15, -0.1) is 0 Å². The molecule has 0 saturated heterocycles. The van der Waals surface area contributed by atoms with Crippen LogP contribution in [0.5, 0.6) is 0 Å². The van der Waals surface area contributed by atoms with Gasteiger partial charge >= 0.3 is 5.97 Å². The number of hydrogen-bond donors (Lipinski definition) is 1. The predicted molar refractivity (Wildman–Crippen MR) is 109 cm³/mol. The topological polar surface area (TPSA) is 40.5 Å². The van der Waals surface area contributed by atoms with Crippen LogP contribution in [0.4, 0.5) is 0 Å². The average molecular weight is 400 g/mol. The second-order valence-corrected chi connectivity index (χ2v) is 7.99. The number of rotatable bonds is 3. The zero-order chi connectivity index (χ0) is 19.5. The van der Waals surface area contributed by atoms with Crippen LogP contribution in [0, 0.1) is 12.8 Å². The van der Waals surface area contributed by atoms with Gasteiger partial charge in [0.2, 0.25) is 0 Å². The van der Waals surface area contributed by atoms with Gasteiger partial charge in [-0.25, -0.2) is 4.79 Å². The Balaban J connectivity index is 1.92. The summed E-state index contributed by atoms with van der Waals surface area (Å²) in [6, 6.07) is 3.85. The molecule has 27 heavy (non-hydrogen) atoms. The van der Waals surface area contributed by atoms with Gasteiger partial charge < -0.3 is 10.0 Å². The number of hydrogen-bond acceptors (Lipinski definition) is 2. The Morgan fingerprint density at radius 3 is 2.41 bits per heavy atom. The molecule has 3 nitrogen and oxygen atoms in total. The standard InChI is InChI=1S/C22H19Cl2NO2/c1-11-16(15-8-19(23)12(2)20(24)9-15)6-7-25-13(3)17(22(26)27)10-18(21(11)25)14-4-5-14/h6-10,14H,3-5H2,1-2H3,(H,26,27). The third kappa shape index (κ3) is 2.95. The van der Waals surface area contributed by atoms with Crippen molar-refractivity contribution in [3.05, 3.63) is 86.3 Å². The minimum atomic E-state index is -0.949. The van der Waals surface area contributed by atoms with Crippen LogP contribution in [0.3, 0.4) is 0 Å². The van der Waals surface area contributed by atoms with E-state index in [1.54, 1.807) is 6.08 Å². The predicted octanol–water partition coefficient (Wildman–Crippen LogP) is 6.11. The van der Waals surface area contributed by atoms with Gasteiger partial charge in [-0.2, -0.15) is 0 Å². The smallest absolute Gasteiger partial charge is 0.337 e. The van der Waals surface area contributed by atoms with Crippen molar-refractivity contribution in [1.29, 1.82) is 0 Å². The first kappa shape index (κ1) is 18.1. The first-order chi connectivity index (χ1) is 12.8. The fraction of sp³-hybridized carbons (Fsp3) is 0.227. The van der Waals surface area contributed by atoms with Crippen molar-refractivity contribution in [1.82, 2.24) is 4.90 Å². The van der Waals surface area contributed by atoms with Crippen molar-refractivity contribution < 1.29 is 9.90 Å². The molecule has 0 atom stereocenters. The minimum absolute atomic E-state index is 0.253. The van der Waals surface area contributed by atoms with E-state index in [2.05, 4.69) is 13.5 Å². The van der Waals surface area contributed by atoms with Crippen LogP contribution >= 0.6 is 23.2 Å². The van der Waals surface area contributed by atoms with Gasteiger partial charge in [0.1, 0.15) is 0 Å². The quantitative estimate of drug-likeness (QED) is 0.666. The number of carboxylic acid groups (broad SMARTS) is 1. The lowest BCUT2D eigenvalue weighted by molar-refractivity contribution is -0.132. The Bertz CT molecular complexity index is 1000. The summed E-state index contributed by atoms with van der Waals surface area (Å²) in [5.74, 6) is -0.548. The molecule has 2 aliphatic heterocycles. The molecular weight excluding hydrogens is 381 g/mol. The highest BCUT2D eigenvalue weighted by Crippen LogP contribution is 2.48. The van der Waals surface area contributed by atoms with Crippen molar-refractivity contribution in [2.24, 2.45) is 5.92 Å². The average Bonchev–Trinajstić information content (AvgIpc) is 3.45. The highest BCUT2D eigenvalue weighted by atomic mass is 35.5. The van der Waals surface area contributed by atoms with E-state index in [-0.39, 0.29) is 5.57 Å². The van der Waals surface area contributed by atoms with Crippen LogP contribution in [0.25, 0.3) is 5.57 Å². The number of halogens is 2. The molecule has 2 heterocycles. The normalized spacial score (nSPS) is 19.5. The summed E-state index contributed by atoms with van der Waals surface area (Å²) < 4.78 is 0. The van der Waals surface area contributed by atoms with Gasteiger partial charge in [0.05, 0.1) is 17.0 Å². The SMILES string of the molecule is C=C1C(C(=O)O)=CC(C2CC2)=C2C(C)=C(c3cc(Cl)c(C)c(Cl)c3)C=CN12. The summed E-state index contributed by atoms with van der Waals surface area (Å²) in [4.78, 5) is 13.6. The van der Waals surface area contributed by atoms with Crippen LogP contribution in [0.1, 0.15) is 30.9 Å². The molecule has 1 aliphatic carbocycles. The molecule has 0 spiro atoms. The molecule has 138 valence electrons. The van der Waals surface area contributed by atoms with Gasteiger partial charge in [0.15, 0.2) is 0 Å². The molecule has 0 amide bonds. The minimum Gasteiger partial charge on any atom is -0.478 e. The summed E-state index contributed by atoms with van der Waals surface area (Å²) in [5, 5.41) is 10.8. The molecule has 1 aromatic carbocycles. The molecule has 0 unspecified atom stereocenters. The fourth-order valence-electron chi connectivity index (χ4n) is 3.68. The Morgan fingerprint density at radius 2 is 1.85 bits per heavy atom. The third-order valence-corrected chi connectivity index (χ3v) is 6.19. The highest BCUT2D eigenvalue weighted by Gasteiger charge is 2.36.